The van der Waals surface area contributed by atoms with Gasteiger partial charge in [-0.2, -0.15) is 0 Å². The molecule has 5 aliphatic rings. The number of hydrogen-bond acceptors (Lipinski definition) is 12. The summed E-state index contributed by atoms with van der Waals surface area (Å²) in [4.78, 5) is 19.6. The molecule has 4 aliphatic heterocycles. The molecular weight excluding hydrogens is 1340 g/mol. The van der Waals surface area contributed by atoms with Crippen LogP contribution in [0.1, 0.15) is 353 Å². The van der Waals surface area contributed by atoms with E-state index in [9.17, 15) is 0 Å². The average Bonchev–Trinajstić information content (AvgIpc) is 0.714. The highest BCUT2D eigenvalue weighted by Crippen LogP contribution is 2.62. The lowest BCUT2D eigenvalue weighted by atomic mass is 9.73. The molecule has 576 valence electrons. The summed E-state index contributed by atoms with van der Waals surface area (Å²) >= 11 is 0. The molecule has 12 nitrogen and oxygen atoms in total. The van der Waals surface area contributed by atoms with Crippen LogP contribution in [-0.4, -0.2) is 47.1 Å². The molecule has 0 fully saturated rings. The lowest BCUT2D eigenvalue weighted by Crippen LogP contribution is -2.24. The highest BCUT2D eigenvalue weighted by atomic mass is 16.7. The third-order valence-electron chi connectivity index (χ3n) is 24.0. The number of hydrogen-bond donors (Lipinski definition) is 0. The van der Waals surface area contributed by atoms with E-state index >= 15 is 0 Å². The van der Waals surface area contributed by atoms with Crippen molar-refractivity contribution in [3.8, 4) is 90.5 Å². The lowest BCUT2D eigenvalue weighted by molar-refractivity contribution is 0.101. The highest BCUT2D eigenvalue weighted by Gasteiger charge is 2.43. The maximum atomic E-state index is 7.47. The second kappa shape index (κ2) is 41.1. The van der Waals surface area contributed by atoms with E-state index in [1.165, 1.54) is 180 Å². The van der Waals surface area contributed by atoms with E-state index in [2.05, 4.69) is 76.2 Å². The van der Waals surface area contributed by atoms with Crippen LogP contribution >= 0.6 is 0 Å². The Balaban J connectivity index is 1.12. The smallest absolute Gasteiger partial charge is 0.230 e. The van der Waals surface area contributed by atoms with E-state index in [-0.39, 0.29) is 50.8 Å². The van der Waals surface area contributed by atoms with E-state index in [4.69, 9.17) is 57.8 Å². The van der Waals surface area contributed by atoms with Gasteiger partial charge in [0.2, 0.25) is 27.2 Å². The van der Waals surface area contributed by atoms with Gasteiger partial charge in [0.25, 0.3) is 0 Å². The molecule has 0 spiro atoms. The molecule has 1 aliphatic carbocycles. The minimum absolute atomic E-state index is 0.0766. The van der Waals surface area contributed by atoms with E-state index in [0.717, 1.165) is 212 Å². The molecule has 4 aromatic heterocycles. The Morgan fingerprint density at radius 2 is 0.398 bits per heavy atom. The van der Waals surface area contributed by atoms with E-state index < -0.39 is 0 Å². The zero-order chi connectivity index (χ0) is 73.9. The second-order valence-corrected chi connectivity index (χ2v) is 31.6. The minimum atomic E-state index is -0.223. The standard InChI is InChI=1S/C96H124N4O8/c1-5-9-13-17-21-25-29-33-37-49-73-77-57-79-74(50-38-34-30-26-22-18-14-10-6-2)81-59-83-76(52-40-36-32-28-24-20-16-12-8-4)84-60-82-75(51-39-35-31-27-23-19-15-11-7-3)80-58-78(73)90-86(70-46-42-54-98-62-70)92(80)104-67-106-94(82)88(72-48-44-56-100-64-72)96(84)108-68-107-95(83)87(71-47-43-55-99-63-71)93(81)105-66-103-91(79)85(89(77)101-65-102-90)69-45-41-53-97-61-69/h41-48,53-64,73-76H,5-40,49-52,65-68H2,1-4H3. The van der Waals surface area contributed by atoms with E-state index in [1.807, 2.05) is 73.8 Å². The van der Waals surface area contributed by atoms with Crippen molar-refractivity contribution in [2.75, 3.05) is 27.2 Å². The molecule has 13 rings (SSSR count). The molecule has 8 aromatic rings. The van der Waals surface area contributed by atoms with Crippen molar-refractivity contribution in [1.82, 2.24) is 19.9 Å². The summed E-state index contributed by atoms with van der Waals surface area (Å²) in [5.74, 6) is 5.18. The highest BCUT2D eigenvalue weighted by molar-refractivity contribution is 5.88. The third-order valence-corrected chi connectivity index (χ3v) is 24.0. The predicted molar refractivity (Wildman–Crippen MR) is 438 cm³/mol. The summed E-state index contributed by atoms with van der Waals surface area (Å²) in [7, 11) is 0. The number of unbranched alkanes of at least 4 members (excludes halogenated alkanes) is 32. The van der Waals surface area contributed by atoms with Crippen LogP contribution in [0.2, 0.25) is 0 Å². The topological polar surface area (TPSA) is 125 Å². The van der Waals surface area contributed by atoms with Gasteiger partial charge in [-0.25, -0.2) is 0 Å². The van der Waals surface area contributed by atoms with Crippen LogP contribution in [0.3, 0.4) is 0 Å². The van der Waals surface area contributed by atoms with Crippen LogP contribution in [0.15, 0.2) is 122 Å². The molecule has 0 unspecified atom stereocenters. The molecule has 0 amide bonds. The molecule has 8 heterocycles. The zero-order valence-electron chi connectivity index (χ0n) is 66.0. The third kappa shape index (κ3) is 19.0. The van der Waals surface area contributed by atoms with Gasteiger partial charge in [-0.3, -0.25) is 19.9 Å². The number of benzene rings is 4. The number of pyridine rings is 4. The van der Waals surface area contributed by atoms with Crippen molar-refractivity contribution < 1.29 is 37.9 Å². The Bertz CT molecular complexity index is 3430. The molecule has 8 bridgehead atoms. The summed E-state index contributed by atoms with van der Waals surface area (Å²) in [5, 5.41) is 0. The van der Waals surface area contributed by atoms with Crippen molar-refractivity contribution in [1.29, 1.82) is 0 Å². The molecule has 0 radical (unpaired) electrons. The Kier molecular flexibility index (Phi) is 29.7. The summed E-state index contributed by atoms with van der Waals surface area (Å²) in [6.45, 7) is 8.93. The zero-order valence-corrected chi connectivity index (χ0v) is 66.0. The molecule has 0 saturated heterocycles. The van der Waals surface area contributed by atoms with Crippen molar-refractivity contribution in [3.05, 3.63) is 167 Å². The van der Waals surface area contributed by atoms with Crippen molar-refractivity contribution >= 4 is 0 Å². The van der Waals surface area contributed by atoms with Gasteiger partial charge in [-0.15, -0.1) is 0 Å². The first kappa shape index (κ1) is 78.0. The molecule has 0 atom stereocenters. The first-order chi connectivity index (χ1) is 53.6. The molecule has 4 aromatic carbocycles. The van der Waals surface area contributed by atoms with Crippen LogP contribution in [-0.2, 0) is 0 Å². The fourth-order valence-corrected chi connectivity index (χ4v) is 18.3. The van der Waals surface area contributed by atoms with Gasteiger partial charge in [0.05, 0.1) is 22.3 Å². The number of aromatic nitrogens is 4. The van der Waals surface area contributed by atoms with Gasteiger partial charge in [-0.05, 0) is 74.2 Å². The first-order valence-electron chi connectivity index (χ1n) is 43.1. The summed E-state index contributed by atoms with van der Waals surface area (Å²) in [6, 6.07) is 27.1. The van der Waals surface area contributed by atoms with Gasteiger partial charge in [-0.1, -0.05) is 283 Å². The van der Waals surface area contributed by atoms with E-state index in [1.54, 1.807) is 0 Å². The van der Waals surface area contributed by atoms with Gasteiger partial charge in [0, 0.05) is 140 Å². The minimum Gasteiger partial charge on any atom is -0.456 e. The summed E-state index contributed by atoms with van der Waals surface area (Å²) in [6.07, 6.45) is 62.6. The van der Waals surface area contributed by atoms with Crippen LogP contribution in [0.5, 0.6) is 46.0 Å². The SMILES string of the molecule is CCCCCCCCCCCC1c2cc3c4c(-c5cccnc5)c2OCOc2c1cc1c(c2-c2cccnc2)OCOc2c(cc5c(c2-c2cccnc2)OCOc2c(cc(c(c2-c2cccnc2)OCO4)C3CCCCCCCCCCC)C5CCCCCCCCCCC)C1CCCCCCCCCCC. The second-order valence-electron chi connectivity index (χ2n) is 31.6. The van der Waals surface area contributed by atoms with Gasteiger partial charge >= 0.3 is 0 Å². The van der Waals surface area contributed by atoms with Crippen LogP contribution in [0.4, 0.5) is 0 Å². The molecule has 12 heteroatoms. The van der Waals surface area contributed by atoms with Gasteiger partial charge in [0.15, 0.2) is 0 Å². The normalized spacial score (nSPS) is 16.4. The van der Waals surface area contributed by atoms with Crippen molar-refractivity contribution in [3.63, 3.8) is 0 Å². The van der Waals surface area contributed by atoms with Gasteiger partial charge < -0.3 is 37.9 Å². The maximum absolute atomic E-state index is 7.47. The Morgan fingerprint density at radius 1 is 0.231 bits per heavy atom. The fourth-order valence-electron chi connectivity index (χ4n) is 18.3. The number of rotatable bonds is 44. The Hall–Kier alpha value is -8.12. The predicted octanol–water partition coefficient (Wildman–Crippen LogP) is 27.4. The van der Waals surface area contributed by atoms with Crippen molar-refractivity contribution in [2.45, 2.75) is 308 Å². The average molecular weight is 1460 g/mol. The number of nitrogens with zero attached hydrogens (tertiary/aromatic N) is 4. The van der Waals surface area contributed by atoms with Crippen LogP contribution < -0.4 is 37.9 Å². The summed E-state index contributed by atoms with van der Waals surface area (Å²) < 4.78 is 59.7. The Morgan fingerprint density at radius 3 is 0.556 bits per heavy atom. The number of ether oxygens (including phenoxy) is 8. The molecule has 0 N–H and O–H groups in total. The van der Waals surface area contributed by atoms with Gasteiger partial charge in [0.1, 0.15) is 46.0 Å². The first-order valence-corrected chi connectivity index (χ1v) is 43.1. The van der Waals surface area contributed by atoms with Crippen LogP contribution in [0.25, 0.3) is 44.5 Å². The Labute approximate surface area is 647 Å². The van der Waals surface area contributed by atoms with E-state index in [0.29, 0.717) is 0 Å². The lowest BCUT2D eigenvalue weighted by Gasteiger charge is -2.38. The maximum Gasteiger partial charge on any atom is 0.230 e. The van der Waals surface area contributed by atoms with Crippen molar-refractivity contribution in [2.24, 2.45) is 0 Å². The largest absolute Gasteiger partial charge is 0.456 e. The summed E-state index contributed by atoms with van der Waals surface area (Å²) in [5.41, 5.74) is 16.2. The monoisotopic (exact) mass is 1460 g/mol. The quantitative estimate of drug-likeness (QED) is 0.0338. The van der Waals surface area contributed by atoms with Crippen LogP contribution in [0, 0.1) is 0 Å². The molecule has 0 saturated carbocycles. The molecular formula is C96H124N4O8. The fraction of sp³-hybridized carbons (Fsp3) is 0.542. The molecule has 108 heavy (non-hydrogen) atoms.